The van der Waals surface area contributed by atoms with Gasteiger partial charge in [-0.3, -0.25) is 4.90 Å². The fourth-order valence-electron chi connectivity index (χ4n) is 1.83. The Balaban J connectivity index is 2.45. The van der Waals surface area contributed by atoms with E-state index in [-0.39, 0.29) is 5.75 Å². The summed E-state index contributed by atoms with van der Waals surface area (Å²) in [5.41, 5.74) is 0. The molecule has 0 aromatic carbocycles. The molecule has 0 unspecified atom stereocenters. The molecule has 1 aromatic rings. The third-order valence-electron chi connectivity index (χ3n) is 3.11. The maximum atomic E-state index is 11.7. The number of aromatic nitrogens is 3. The van der Waals surface area contributed by atoms with Crippen LogP contribution >= 0.6 is 0 Å². The van der Waals surface area contributed by atoms with Gasteiger partial charge in [-0.1, -0.05) is 0 Å². The number of nitrogens with zero attached hydrogens (tertiary/aromatic N) is 5. The summed E-state index contributed by atoms with van der Waals surface area (Å²) in [5.74, 6) is 1.07. The molecule has 0 bridgehead atoms. The van der Waals surface area contributed by atoms with Crippen molar-refractivity contribution in [3.05, 3.63) is 12.2 Å². The zero-order valence-electron chi connectivity index (χ0n) is 12.9. The van der Waals surface area contributed by atoms with Gasteiger partial charge in [-0.2, -0.15) is 0 Å². The number of hydrogen-bond acceptors (Lipinski definition) is 5. The quantitative estimate of drug-likeness (QED) is 0.702. The van der Waals surface area contributed by atoms with Crippen molar-refractivity contribution in [1.29, 1.82) is 0 Å². The highest BCUT2D eigenvalue weighted by Crippen LogP contribution is 2.08. The summed E-state index contributed by atoms with van der Waals surface area (Å²) in [6.45, 7) is 5.53. The van der Waals surface area contributed by atoms with Gasteiger partial charge in [0.05, 0.1) is 12.3 Å². The van der Waals surface area contributed by atoms with Crippen LogP contribution in [-0.2, 0) is 16.6 Å². The monoisotopic (exact) mass is 303 g/mol. The van der Waals surface area contributed by atoms with Crippen LogP contribution in [0, 0.1) is 0 Å². The Labute approximate surface area is 121 Å². The Morgan fingerprint density at radius 3 is 2.50 bits per heavy atom. The first-order valence-corrected chi connectivity index (χ1v) is 8.32. The molecule has 0 aliphatic carbocycles. The Morgan fingerprint density at radius 1 is 1.30 bits per heavy atom. The first-order chi connectivity index (χ1) is 9.24. The van der Waals surface area contributed by atoms with Gasteiger partial charge in [-0.25, -0.2) is 12.7 Å². The summed E-state index contributed by atoms with van der Waals surface area (Å²) in [6, 6.07) is 0.322. The van der Waals surface area contributed by atoms with E-state index in [0.29, 0.717) is 25.6 Å². The summed E-state index contributed by atoms with van der Waals surface area (Å²) in [5, 5.41) is 8.03. The maximum absolute atomic E-state index is 11.7. The van der Waals surface area contributed by atoms with Crippen molar-refractivity contribution in [2.75, 3.05) is 33.4 Å². The summed E-state index contributed by atoms with van der Waals surface area (Å²) < 4.78 is 26.6. The van der Waals surface area contributed by atoms with E-state index < -0.39 is 10.0 Å². The van der Waals surface area contributed by atoms with Crippen LogP contribution < -0.4 is 0 Å². The van der Waals surface area contributed by atoms with Gasteiger partial charge in [0.2, 0.25) is 10.0 Å². The van der Waals surface area contributed by atoms with Crippen LogP contribution in [0.25, 0.3) is 0 Å². The fraction of sp³-hybridized carbons (Fsp3) is 0.833. The molecule has 0 spiro atoms. The van der Waals surface area contributed by atoms with Gasteiger partial charge in [0.15, 0.2) is 0 Å². The van der Waals surface area contributed by atoms with E-state index in [0.717, 1.165) is 5.82 Å². The summed E-state index contributed by atoms with van der Waals surface area (Å²) >= 11 is 0. The molecule has 0 aliphatic heterocycles. The Morgan fingerprint density at radius 2 is 1.95 bits per heavy atom. The van der Waals surface area contributed by atoms with E-state index in [1.807, 2.05) is 11.6 Å². The molecule has 0 N–H and O–H groups in total. The van der Waals surface area contributed by atoms with Crippen molar-refractivity contribution >= 4 is 10.0 Å². The normalized spacial score (nSPS) is 12.8. The van der Waals surface area contributed by atoms with E-state index >= 15 is 0 Å². The minimum Gasteiger partial charge on any atom is -0.314 e. The molecule has 116 valence electrons. The molecule has 7 nitrogen and oxygen atoms in total. The number of sulfonamides is 1. The SMILES string of the molecule is CC(C)n1cnnc1CN(C)CCCS(=O)(=O)N(C)C. The van der Waals surface area contributed by atoms with Gasteiger partial charge in [0.25, 0.3) is 0 Å². The summed E-state index contributed by atoms with van der Waals surface area (Å²) in [4.78, 5) is 2.06. The number of rotatable bonds is 8. The summed E-state index contributed by atoms with van der Waals surface area (Å²) in [7, 11) is 1.98. The van der Waals surface area contributed by atoms with Gasteiger partial charge < -0.3 is 4.57 Å². The van der Waals surface area contributed by atoms with Gasteiger partial charge in [0.1, 0.15) is 12.2 Å². The topological polar surface area (TPSA) is 71.3 Å². The highest BCUT2D eigenvalue weighted by atomic mass is 32.2. The van der Waals surface area contributed by atoms with Crippen LogP contribution in [0.15, 0.2) is 6.33 Å². The van der Waals surface area contributed by atoms with Crippen molar-refractivity contribution in [2.24, 2.45) is 0 Å². The molecule has 0 saturated carbocycles. The Hall–Kier alpha value is -0.990. The molecule has 0 fully saturated rings. The third-order valence-corrected chi connectivity index (χ3v) is 5.03. The number of hydrogen-bond donors (Lipinski definition) is 0. The highest BCUT2D eigenvalue weighted by Gasteiger charge is 2.14. The minimum atomic E-state index is -3.10. The fourth-order valence-corrected chi connectivity index (χ4v) is 2.69. The first kappa shape index (κ1) is 17.1. The molecular weight excluding hydrogens is 278 g/mol. The molecule has 1 rings (SSSR count). The standard InChI is InChI=1S/C12H25N5O2S/c1-11(2)17-10-13-14-12(17)9-16(5)7-6-8-20(18,19)15(3)4/h10-11H,6-9H2,1-5H3. The lowest BCUT2D eigenvalue weighted by Gasteiger charge is -2.18. The Bertz CT molecular complexity index is 510. The summed E-state index contributed by atoms with van der Waals surface area (Å²) in [6.07, 6.45) is 2.33. The average Bonchev–Trinajstić information content (AvgIpc) is 2.76. The second kappa shape index (κ2) is 7.14. The van der Waals surface area contributed by atoms with Gasteiger partial charge in [0, 0.05) is 20.1 Å². The zero-order chi connectivity index (χ0) is 15.3. The van der Waals surface area contributed by atoms with Gasteiger partial charge in [-0.15, -0.1) is 10.2 Å². The predicted octanol–water partition coefficient (Wildman–Crippen LogP) is 0.572. The van der Waals surface area contributed by atoms with Crippen LogP contribution in [0.1, 0.15) is 32.1 Å². The molecule has 0 aliphatic rings. The Kier molecular flexibility index (Phi) is 6.09. The molecule has 0 saturated heterocycles. The van der Waals surface area contributed by atoms with Crippen molar-refractivity contribution in [2.45, 2.75) is 32.9 Å². The van der Waals surface area contributed by atoms with E-state index in [1.165, 1.54) is 4.31 Å². The van der Waals surface area contributed by atoms with Crippen molar-refractivity contribution in [3.63, 3.8) is 0 Å². The van der Waals surface area contributed by atoms with Gasteiger partial charge >= 0.3 is 0 Å². The van der Waals surface area contributed by atoms with Crippen LogP contribution in [-0.4, -0.2) is 65.8 Å². The minimum absolute atomic E-state index is 0.168. The second-order valence-electron chi connectivity index (χ2n) is 5.44. The van der Waals surface area contributed by atoms with Crippen LogP contribution in [0.2, 0.25) is 0 Å². The van der Waals surface area contributed by atoms with Crippen molar-refractivity contribution < 1.29 is 8.42 Å². The first-order valence-electron chi connectivity index (χ1n) is 6.71. The van der Waals surface area contributed by atoms with Crippen LogP contribution in [0.5, 0.6) is 0 Å². The maximum Gasteiger partial charge on any atom is 0.213 e. The second-order valence-corrected chi connectivity index (χ2v) is 7.74. The van der Waals surface area contributed by atoms with Gasteiger partial charge in [-0.05, 0) is 33.9 Å². The molecule has 0 radical (unpaired) electrons. The molecule has 1 heterocycles. The zero-order valence-corrected chi connectivity index (χ0v) is 13.8. The molecule has 0 amide bonds. The van der Waals surface area contributed by atoms with E-state index in [1.54, 1.807) is 20.4 Å². The predicted molar refractivity (Wildman–Crippen MR) is 78.8 cm³/mol. The average molecular weight is 303 g/mol. The van der Waals surface area contributed by atoms with Crippen LogP contribution in [0.3, 0.4) is 0 Å². The van der Waals surface area contributed by atoms with Crippen molar-refractivity contribution in [3.8, 4) is 0 Å². The van der Waals surface area contributed by atoms with Crippen molar-refractivity contribution in [1.82, 2.24) is 24.0 Å². The lowest BCUT2D eigenvalue weighted by molar-refractivity contribution is 0.310. The molecule has 8 heteroatoms. The smallest absolute Gasteiger partial charge is 0.213 e. The molecular formula is C12H25N5O2S. The third kappa shape index (κ3) is 4.84. The molecule has 0 atom stereocenters. The largest absolute Gasteiger partial charge is 0.314 e. The lowest BCUT2D eigenvalue weighted by atomic mass is 10.3. The van der Waals surface area contributed by atoms with E-state index in [2.05, 4.69) is 28.9 Å². The lowest BCUT2D eigenvalue weighted by Crippen LogP contribution is -2.28. The molecule has 1 aromatic heterocycles. The van der Waals surface area contributed by atoms with E-state index in [9.17, 15) is 8.42 Å². The highest BCUT2D eigenvalue weighted by molar-refractivity contribution is 7.89. The van der Waals surface area contributed by atoms with E-state index in [4.69, 9.17) is 0 Å². The van der Waals surface area contributed by atoms with Crippen LogP contribution in [0.4, 0.5) is 0 Å². The molecule has 20 heavy (non-hydrogen) atoms.